The van der Waals surface area contributed by atoms with Gasteiger partial charge in [-0.15, -0.1) is 10.2 Å². The van der Waals surface area contributed by atoms with E-state index in [4.69, 9.17) is 4.74 Å². The summed E-state index contributed by atoms with van der Waals surface area (Å²) < 4.78 is 5.91. The van der Waals surface area contributed by atoms with E-state index < -0.39 is 24.4 Å². The Balaban J connectivity index is 1.49. The molecule has 1 aliphatic heterocycles. The third-order valence-corrected chi connectivity index (χ3v) is 5.68. The highest BCUT2D eigenvalue weighted by molar-refractivity contribution is 9.10. The topological polar surface area (TPSA) is 107 Å². The number of ketones is 1. The van der Waals surface area contributed by atoms with Gasteiger partial charge in [-0.1, -0.05) is 39.4 Å². The average Bonchev–Trinajstić information content (AvgIpc) is 3.27. The molecule has 0 atom stereocenters. The highest BCUT2D eigenvalue weighted by Gasteiger charge is 2.39. The van der Waals surface area contributed by atoms with Gasteiger partial charge in [-0.3, -0.25) is 14.4 Å². The smallest absolute Gasteiger partial charge is 0.338 e. The second-order valence-electron chi connectivity index (χ2n) is 6.32. The number of aryl methyl sites for hydroxylation is 1. The zero-order valence-corrected chi connectivity index (χ0v) is 17.8. The van der Waals surface area contributed by atoms with Crippen LogP contribution < -0.4 is 4.90 Å². The summed E-state index contributed by atoms with van der Waals surface area (Å²) in [5.74, 6) is -2.25. The van der Waals surface area contributed by atoms with E-state index >= 15 is 0 Å². The Bertz CT molecular complexity index is 1210. The summed E-state index contributed by atoms with van der Waals surface area (Å²) >= 11 is 4.40. The predicted molar refractivity (Wildman–Crippen MR) is 111 cm³/mol. The molecule has 0 spiro atoms. The molecule has 0 radical (unpaired) electrons. The van der Waals surface area contributed by atoms with E-state index in [0.29, 0.717) is 10.6 Å². The second-order valence-corrected chi connectivity index (χ2v) is 8.39. The number of anilines is 1. The molecule has 1 aromatic heterocycles. The third-order valence-electron chi connectivity index (χ3n) is 4.33. The fraction of sp³-hybridized carbons (Fsp3) is 0.100. The van der Waals surface area contributed by atoms with E-state index in [9.17, 15) is 19.2 Å². The van der Waals surface area contributed by atoms with Crippen molar-refractivity contribution in [2.75, 3.05) is 11.5 Å². The maximum absolute atomic E-state index is 12.7. The number of carbonyl (C=O) groups excluding carboxylic acids is 4. The first-order valence-corrected chi connectivity index (χ1v) is 10.2. The molecule has 30 heavy (non-hydrogen) atoms. The summed E-state index contributed by atoms with van der Waals surface area (Å²) in [5.41, 5.74) is 0.703. The SMILES string of the molecule is Cc1nnc(N2C(=O)c3ccc(C(=O)OCC(=O)c4ccc(Br)cc4)cc3C2=O)s1. The minimum atomic E-state index is -0.770. The van der Waals surface area contributed by atoms with Gasteiger partial charge in [0.1, 0.15) is 5.01 Å². The third kappa shape index (κ3) is 3.66. The first kappa shape index (κ1) is 20.0. The van der Waals surface area contributed by atoms with E-state index in [0.717, 1.165) is 20.7 Å². The molecule has 4 rings (SSSR count). The highest BCUT2D eigenvalue weighted by atomic mass is 79.9. The Morgan fingerprint density at radius 2 is 1.67 bits per heavy atom. The van der Waals surface area contributed by atoms with Crippen LogP contribution in [-0.2, 0) is 4.74 Å². The number of hydrogen-bond acceptors (Lipinski definition) is 8. The number of carbonyl (C=O) groups is 4. The summed E-state index contributed by atoms with van der Waals surface area (Å²) in [5, 5.41) is 8.45. The maximum atomic E-state index is 12.7. The number of fused-ring (bicyclic) bond motifs is 1. The van der Waals surface area contributed by atoms with Crippen molar-refractivity contribution in [1.29, 1.82) is 0 Å². The summed E-state index contributed by atoms with van der Waals surface area (Å²) in [6.07, 6.45) is 0. The van der Waals surface area contributed by atoms with Gasteiger partial charge in [0.2, 0.25) is 5.13 Å². The number of amides is 2. The highest BCUT2D eigenvalue weighted by Crippen LogP contribution is 2.31. The molecule has 10 heteroatoms. The number of imide groups is 1. The van der Waals surface area contributed by atoms with Gasteiger partial charge < -0.3 is 4.74 Å². The molecule has 0 saturated heterocycles. The summed E-state index contributed by atoms with van der Waals surface area (Å²) in [6.45, 7) is 1.27. The quantitative estimate of drug-likeness (QED) is 0.309. The predicted octanol–water partition coefficient (Wildman–Crippen LogP) is 3.45. The lowest BCUT2D eigenvalue weighted by molar-refractivity contribution is 0.0474. The molecule has 1 aliphatic rings. The van der Waals surface area contributed by atoms with Gasteiger partial charge in [-0.05, 0) is 37.3 Å². The van der Waals surface area contributed by atoms with Crippen LogP contribution in [0.2, 0.25) is 0 Å². The molecule has 2 heterocycles. The number of aromatic nitrogens is 2. The fourth-order valence-corrected chi connectivity index (χ4v) is 3.80. The first-order chi connectivity index (χ1) is 14.3. The van der Waals surface area contributed by atoms with Crippen LogP contribution in [0, 0.1) is 6.92 Å². The van der Waals surface area contributed by atoms with Crippen LogP contribution in [-0.4, -0.2) is 40.4 Å². The summed E-state index contributed by atoms with van der Waals surface area (Å²) in [6, 6.07) is 10.7. The van der Waals surface area contributed by atoms with Crippen molar-refractivity contribution in [3.05, 3.63) is 74.2 Å². The second kappa shape index (κ2) is 7.88. The van der Waals surface area contributed by atoms with Gasteiger partial charge in [-0.2, -0.15) is 0 Å². The van der Waals surface area contributed by atoms with E-state index in [2.05, 4.69) is 26.1 Å². The molecule has 8 nitrogen and oxygen atoms in total. The minimum Gasteiger partial charge on any atom is -0.454 e. The van der Waals surface area contributed by atoms with E-state index in [1.807, 2.05) is 0 Å². The molecule has 0 fully saturated rings. The maximum Gasteiger partial charge on any atom is 0.338 e. The summed E-state index contributed by atoms with van der Waals surface area (Å²) in [7, 11) is 0. The van der Waals surface area contributed by atoms with Gasteiger partial charge >= 0.3 is 5.97 Å². The van der Waals surface area contributed by atoms with Crippen molar-refractivity contribution in [2.24, 2.45) is 0 Å². The molecule has 3 aromatic rings. The fourth-order valence-electron chi connectivity index (χ4n) is 2.85. The van der Waals surface area contributed by atoms with E-state index in [1.54, 1.807) is 31.2 Å². The van der Waals surface area contributed by atoms with Crippen LogP contribution in [0.1, 0.15) is 46.4 Å². The van der Waals surface area contributed by atoms with Crippen LogP contribution in [0.25, 0.3) is 0 Å². The van der Waals surface area contributed by atoms with Crippen LogP contribution >= 0.6 is 27.3 Å². The zero-order valence-electron chi connectivity index (χ0n) is 15.4. The van der Waals surface area contributed by atoms with Crippen molar-refractivity contribution in [3.8, 4) is 0 Å². The van der Waals surface area contributed by atoms with Crippen molar-refractivity contribution >= 4 is 56.0 Å². The number of ether oxygens (including phenoxy) is 1. The van der Waals surface area contributed by atoms with Crippen LogP contribution in [0.3, 0.4) is 0 Å². The zero-order chi connectivity index (χ0) is 21.4. The normalized spacial score (nSPS) is 12.8. The average molecular weight is 486 g/mol. The van der Waals surface area contributed by atoms with Gasteiger partial charge in [0.15, 0.2) is 12.4 Å². The van der Waals surface area contributed by atoms with E-state index in [-0.39, 0.29) is 27.6 Å². The molecular weight excluding hydrogens is 474 g/mol. The van der Waals surface area contributed by atoms with Gasteiger partial charge in [0, 0.05) is 10.0 Å². The standard InChI is InChI=1S/C20H12BrN3O5S/c1-10-22-23-20(30-10)24-17(26)14-7-4-12(8-15(14)18(24)27)19(28)29-9-16(25)11-2-5-13(21)6-3-11/h2-8H,9H2,1H3. The molecule has 0 unspecified atom stereocenters. The van der Waals surface area contributed by atoms with Crippen LogP contribution in [0.15, 0.2) is 46.9 Å². The van der Waals surface area contributed by atoms with Crippen molar-refractivity contribution in [2.45, 2.75) is 6.92 Å². The molecule has 0 aliphatic carbocycles. The molecular formula is C20H12BrN3O5S. The Hall–Kier alpha value is -3.24. The number of nitrogens with zero attached hydrogens (tertiary/aromatic N) is 3. The first-order valence-electron chi connectivity index (χ1n) is 8.64. The van der Waals surface area contributed by atoms with Crippen LogP contribution in [0.5, 0.6) is 0 Å². The van der Waals surface area contributed by atoms with Crippen molar-refractivity contribution in [1.82, 2.24) is 10.2 Å². The Labute approximate surface area is 182 Å². The van der Waals surface area contributed by atoms with Gasteiger partial charge in [0.25, 0.3) is 11.8 Å². The van der Waals surface area contributed by atoms with E-state index in [1.165, 1.54) is 18.2 Å². The van der Waals surface area contributed by atoms with Crippen molar-refractivity contribution in [3.63, 3.8) is 0 Å². The lowest BCUT2D eigenvalue weighted by Crippen LogP contribution is -2.29. The molecule has 150 valence electrons. The molecule has 2 amide bonds. The number of benzene rings is 2. The van der Waals surface area contributed by atoms with Gasteiger partial charge in [-0.25, -0.2) is 9.69 Å². The lowest BCUT2D eigenvalue weighted by atomic mass is 10.1. The Kier molecular flexibility index (Phi) is 5.27. The number of rotatable bonds is 5. The number of Topliss-reactive ketones (excluding diaryl/α,β-unsaturated/α-hetero) is 1. The molecule has 0 N–H and O–H groups in total. The van der Waals surface area contributed by atoms with Crippen molar-refractivity contribution < 1.29 is 23.9 Å². The summed E-state index contributed by atoms with van der Waals surface area (Å²) in [4.78, 5) is 50.7. The molecule has 0 saturated carbocycles. The largest absolute Gasteiger partial charge is 0.454 e. The van der Waals surface area contributed by atoms with Crippen LogP contribution in [0.4, 0.5) is 5.13 Å². The lowest BCUT2D eigenvalue weighted by Gasteiger charge is -2.07. The molecule has 2 aromatic carbocycles. The Morgan fingerprint density at radius 3 is 2.33 bits per heavy atom. The number of hydrogen-bond donors (Lipinski definition) is 0. The monoisotopic (exact) mass is 485 g/mol. The minimum absolute atomic E-state index is 0.0637. The molecule has 0 bridgehead atoms. The number of halogens is 1. The number of esters is 1. The van der Waals surface area contributed by atoms with Gasteiger partial charge in [0.05, 0.1) is 16.7 Å². The Morgan fingerprint density at radius 1 is 1.00 bits per heavy atom.